The molecular formula is C12H17N3OS. The summed E-state index contributed by atoms with van der Waals surface area (Å²) in [5.74, 6) is 1.89. The molecule has 0 aliphatic carbocycles. The normalized spacial score (nSPS) is 19.9. The van der Waals surface area contributed by atoms with Gasteiger partial charge >= 0.3 is 0 Å². The molecule has 1 aliphatic heterocycles. The zero-order chi connectivity index (χ0) is 12.3. The number of benzene rings is 1. The number of anilines is 2. The molecule has 0 spiro atoms. The fourth-order valence-electron chi connectivity index (χ4n) is 1.91. The maximum Gasteiger partial charge on any atom is 0.248 e. The summed E-state index contributed by atoms with van der Waals surface area (Å²) in [7, 11) is 0. The Bertz CT molecular complexity index is 416. The second kappa shape index (κ2) is 5.31. The van der Waals surface area contributed by atoms with Crippen LogP contribution in [0.1, 0.15) is 23.2 Å². The molecule has 5 heteroatoms. The van der Waals surface area contributed by atoms with E-state index in [4.69, 9.17) is 11.5 Å². The van der Waals surface area contributed by atoms with Gasteiger partial charge in [-0.3, -0.25) is 4.79 Å². The van der Waals surface area contributed by atoms with Gasteiger partial charge in [-0.15, -0.1) is 0 Å². The number of nitrogens with two attached hydrogens (primary N) is 2. The van der Waals surface area contributed by atoms with Crippen molar-refractivity contribution < 1.29 is 4.79 Å². The number of carbonyl (C=O) groups is 1. The van der Waals surface area contributed by atoms with Gasteiger partial charge in [0.1, 0.15) is 0 Å². The molecule has 1 unspecified atom stereocenters. The Kier molecular flexibility index (Phi) is 3.78. The summed E-state index contributed by atoms with van der Waals surface area (Å²) in [5.41, 5.74) is 13.1. The molecule has 17 heavy (non-hydrogen) atoms. The van der Waals surface area contributed by atoms with Crippen LogP contribution in [0.15, 0.2) is 18.2 Å². The summed E-state index contributed by atoms with van der Waals surface area (Å²) < 4.78 is 0. The molecule has 0 aromatic heterocycles. The van der Waals surface area contributed by atoms with E-state index in [-0.39, 0.29) is 0 Å². The quantitative estimate of drug-likeness (QED) is 0.714. The molecule has 1 aromatic rings. The molecule has 5 N–H and O–H groups in total. The highest BCUT2D eigenvalue weighted by atomic mass is 32.2. The number of hydrogen-bond acceptors (Lipinski definition) is 4. The van der Waals surface area contributed by atoms with Crippen LogP contribution in [0.3, 0.4) is 0 Å². The van der Waals surface area contributed by atoms with Gasteiger partial charge in [0.05, 0.1) is 11.4 Å². The van der Waals surface area contributed by atoms with Crippen LogP contribution in [-0.2, 0) is 0 Å². The number of primary amides is 1. The van der Waals surface area contributed by atoms with Gasteiger partial charge in [-0.05, 0) is 36.8 Å². The topological polar surface area (TPSA) is 81.1 Å². The molecule has 1 aromatic carbocycles. The van der Waals surface area contributed by atoms with Gasteiger partial charge in [-0.25, -0.2) is 0 Å². The summed E-state index contributed by atoms with van der Waals surface area (Å²) in [4.78, 5) is 11.1. The number of thioether (sulfide) groups is 1. The molecule has 2 rings (SSSR count). The molecule has 0 saturated carbocycles. The van der Waals surface area contributed by atoms with E-state index in [0.717, 1.165) is 17.9 Å². The van der Waals surface area contributed by atoms with Gasteiger partial charge in [-0.1, -0.05) is 0 Å². The van der Waals surface area contributed by atoms with E-state index in [0.29, 0.717) is 17.3 Å². The first-order valence-corrected chi connectivity index (χ1v) is 6.86. The fraction of sp³-hybridized carbons (Fsp3) is 0.417. The molecule has 1 atom stereocenters. The van der Waals surface area contributed by atoms with Crippen LogP contribution in [-0.4, -0.2) is 23.5 Å². The van der Waals surface area contributed by atoms with Crippen molar-refractivity contribution in [3.63, 3.8) is 0 Å². The number of nitrogens with one attached hydrogen (secondary N) is 1. The van der Waals surface area contributed by atoms with Crippen molar-refractivity contribution in [1.82, 2.24) is 0 Å². The molecule has 0 bridgehead atoms. The molecular weight excluding hydrogens is 234 g/mol. The second-order valence-corrected chi connectivity index (χ2v) is 5.37. The lowest BCUT2D eigenvalue weighted by Gasteiger charge is -2.24. The minimum absolute atomic E-state index is 0.425. The lowest BCUT2D eigenvalue weighted by atomic mass is 10.1. The standard InChI is InChI=1S/C12H17N3OS/c13-10-4-3-8(12(14)16)6-11(10)15-9-2-1-5-17-7-9/h3-4,6,9,15H,1-2,5,7,13H2,(H2,14,16). The monoisotopic (exact) mass is 251 g/mol. The van der Waals surface area contributed by atoms with Crippen molar-refractivity contribution in [3.05, 3.63) is 23.8 Å². The third kappa shape index (κ3) is 3.06. The fourth-order valence-corrected chi connectivity index (χ4v) is 2.98. The van der Waals surface area contributed by atoms with Crippen LogP contribution in [0.25, 0.3) is 0 Å². The van der Waals surface area contributed by atoms with Gasteiger partial charge < -0.3 is 16.8 Å². The van der Waals surface area contributed by atoms with E-state index in [1.807, 2.05) is 11.8 Å². The van der Waals surface area contributed by atoms with Crippen molar-refractivity contribution in [2.45, 2.75) is 18.9 Å². The van der Waals surface area contributed by atoms with Gasteiger partial charge in [-0.2, -0.15) is 11.8 Å². The van der Waals surface area contributed by atoms with Crippen LogP contribution in [0, 0.1) is 0 Å². The van der Waals surface area contributed by atoms with Crippen molar-refractivity contribution in [2.24, 2.45) is 5.73 Å². The Morgan fingerprint density at radius 3 is 2.94 bits per heavy atom. The van der Waals surface area contributed by atoms with E-state index in [1.165, 1.54) is 12.2 Å². The Morgan fingerprint density at radius 1 is 1.47 bits per heavy atom. The average Bonchev–Trinajstić information content (AvgIpc) is 2.33. The summed E-state index contributed by atoms with van der Waals surface area (Å²) in [6.45, 7) is 0. The van der Waals surface area contributed by atoms with Crippen molar-refractivity contribution >= 4 is 29.0 Å². The average molecular weight is 251 g/mol. The second-order valence-electron chi connectivity index (χ2n) is 4.22. The predicted octanol–water partition coefficient (Wildman–Crippen LogP) is 1.68. The maximum atomic E-state index is 11.1. The van der Waals surface area contributed by atoms with Crippen LogP contribution in [0.5, 0.6) is 0 Å². The summed E-state index contributed by atoms with van der Waals surface area (Å²) >= 11 is 1.94. The number of amides is 1. The van der Waals surface area contributed by atoms with E-state index >= 15 is 0 Å². The van der Waals surface area contributed by atoms with Gasteiger partial charge in [0, 0.05) is 17.4 Å². The summed E-state index contributed by atoms with van der Waals surface area (Å²) in [6, 6.07) is 5.53. The number of hydrogen-bond donors (Lipinski definition) is 3. The zero-order valence-corrected chi connectivity index (χ0v) is 10.4. The van der Waals surface area contributed by atoms with Crippen LogP contribution in [0.2, 0.25) is 0 Å². The molecule has 1 amide bonds. The van der Waals surface area contributed by atoms with Gasteiger partial charge in [0.15, 0.2) is 0 Å². The predicted molar refractivity (Wildman–Crippen MR) is 73.3 cm³/mol. The highest BCUT2D eigenvalue weighted by molar-refractivity contribution is 7.99. The molecule has 1 fully saturated rings. The molecule has 4 nitrogen and oxygen atoms in total. The SMILES string of the molecule is NC(=O)c1ccc(N)c(NC2CCCSC2)c1. The van der Waals surface area contributed by atoms with Crippen molar-refractivity contribution in [3.8, 4) is 0 Å². The minimum atomic E-state index is -0.425. The van der Waals surface area contributed by atoms with E-state index in [9.17, 15) is 4.79 Å². The largest absolute Gasteiger partial charge is 0.397 e. The first-order chi connectivity index (χ1) is 8.16. The molecule has 1 saturated heterocycles. The lowest BCUT2D eigenvalue weighted by molar-refractivity contribution is 0.100. The smallest absolute Gasteiger partial charge is 0.248 e. The lowest BCUT2D eigenvalue weighted by Crippen LogP contribution is -2.26. The third-order valence-electron chi connectivity index (χ3n) is 2.86. The van der Waals surface area contributed by atoms with Crippen LogP contribution < -0.4 is 16.8 Å². The van der Waals surface area contributed by atoms with Crippen LogP contribution in [0.4, 0.5) is 11.4 Å². The van der Waals surface area contributed by atoms with Crippen molar-refractivity contribution in [1.29, 1.82) is 0 Å². The Labute approximate surface area is 105 Å². The molecule has 1 aliphatic rings. The van der Waals surface area contributed by atoms with Crippen LogP contribution >= 0.6 is 11.8 Å². The third-order valence-corrected chi connectivity index (χ3v) is 4.07. The highest BCUT2D eigenvalue weighted by Gasteiger charge is 2.15. The van der Waals surface area contributed by atoms with Gasteiger partial charge in [0.2, 0.25) is 5.91 Å². The Balaban J connectivity index is 2.13. The maximum absolute atomic E-state index is 11.1. The highest BCUT2D eigenvalue weighted by Crippen LogP contribution is 2.25. The van der Waals surface area contributed by atoms with E-state index in [1.54, 1.807) is 18.2 Å². The molecule has 1 heterocycles. The number of rotatable bonds is 3. The molecule has 92 valence electrons. The summed E-state index contributed by atoms with van der Waals surface area (Å²) in [6.07, 6.45) is 2.37. The first kappa shape index (κ1) is 12.1. The van der Waals surface area contributed by atoms with Gasteiger partial charge in [0.25, 0.3) is 0 Å². The van der Waals surface area contributed by atoms with Crippen molar-refractivity contribution in [2.75, 3.05) is 22.6 Å². The first-order valence-electron chi connectivity index (χ1n) is 5.70. The molecule has 0 radical (unpaired) electrons. The number of carbonyl (C=O) groups excluding carboxylic acids is 1. The number of nitrogen functional groups attached to an aromatic ring is 1. The zero-order valence-electron chi connectivity index (χ0n) is 9.61. The Morgan fingerprint density at radius 2 is 2.29 bits per heavy atom. The van der Waals surface area contributed by atoms with E-state index in [2.05, 4.69) is 5.32 Å². The minimum Gasteiger partial charge on any atom is -0.397 e. The summed E-state index contributed by atoms with van der Waals surface area (Å²) in [5, 5.41) is 3.39. The van der Waals surface area contributed by atoms with E-state index < -0.39 is 5.91 Å². The Hall–Kier alpha value is -1.36.